The first-order valence-electron chi connectivity index (χ1n) is 8.40. The summed E-state index contributed by atoms with van der Waals surface area (Å²) in [5, 5.41) is 9.72. The smallest absolute Gasteiger partial charge is 0.270 e. The van der Waals surface area contributed by atoms with E-state index in [9.17, 15) is 9.59 Å². The van der Waals surface area contributed by atoms with Crippen LogP contribution in [0.3, 0.4) is 0 Å². The lowest BCUT2D eigenvalue weighted by Crippen LogP contribution is -2.42. The molecule has 3 rings (SSSR count). The number of carbonyl (C=O) groups is 2. The molecular formula is C17H23N5O2S. The van der Waals surface area contributed by atoms with Crippen LogP contribution in [0.2, 0.25) is 0 Å². The molecule has 2 heterocycles. The summed E-state index contributed by atoms with van der Waals surface area (Å²) in [6.07, 6.45) is 7.06. The number of rotatable bonds is 4. The van der Waals surface area contributed by atoms with E-state index in [1.54, 1.807) is 35.3 Å². The SMILES string of the molecule is CN(C)C(=O)C1CCCC(NC(=O)c2csc(-c3cnn(C)c3)n2)C1. The van der Waals surface area contributed by atoms with Crippen molar-refractivity contribution in [2.24, 2.45) is 13.0 Å². The molecule has 2 aromatic heterocycles. The maximum Gasteiger partial charge on any atom is 0.270 e. The van der Waals surface area contributed by atoms with Crippen LogP contribution in [0.1, 0.15) is 36.2 Å². The molecule has 0 saturated heterocycles. The van der Waals surface area contributed by atoms with Crippen LogP contribution in [0.25, 0.3) is 10.6 Å². The zero-order valence-corrected chi connectivity index (χ0v) is 15.5. The molecule has 2 unspecified atom stereocenters. The Hall–Kier alpha value is -2.22. The van der Waals surface area contributed by atoms with E-state index in [4.69, 9.17) is 0 Å². The van der Waals surface area contributed by atoms with E-state index in [0.29, 0.717) is 12.1 Å². The molecule has 1 aliphatic rings. The molecule has 0 aliphatic heterocycles. The Bertz CT molecular complexity index is 767. The van der Waals surface area contributed by atoms with Crippen molar-refractivity contribution < 1.29 is 9.59 Å². The Kier molecular flexibility index (Phi) is 5.17. The largest absolute Gasteiger partial charge is 0.349 e. The molecule has 1 saturated carbocycles. The van der Waals surface area contributed by atoms with Gasteiger partial charge in [-0.05, 0) is 19.3 Å². The number of nitrogens with zero attached hydrogens (tertiary/aromatic N) is 4. The molecule has 0 aromatic carbocycles. The lowest BCUT2D eigenvalue weighted by molar-refractivity contribution is -0.134. The van der Waals surface area contributed by atoms with Crippen molar-refractivity contribution >= 4 is 23.2 Å². The van der Waals surface area contributed by atoms with Gasteiger partial charge in [-0.15, -0.1) is 11.3 Å². The van der Waals surface area contributed by atoms with Crippen LogP contribution in [0.15, 0.2) is 17.8 Å². The summed E-state index contributed by atoms with van der Waals surface area (Å²) in [5.41, 5.74) is 1.32. The lowest BCUT2D eigenvalue weighted by atomic mass is 9.85. The summed E-state index contributed by atoms with van der Waals surface area (Å²) in [6, 6.07) is 0.0266. The number of amides is 2. The van der Waals surface area contributed by atoms with Gasteiger partial charge < -0.3 is 10.2 Å². The third-order valence-corrected chi connectivity index (χ3v) is 5.38. The van der Waals surface area contributed by atoms with E-state index in [2.05, 4.69) is 15.4 Å². The third-order valence-electron chi connectivity index (χ3n) is 4.49. The topological polar surface area (TPSA) is 80.1 Å². The Morgan fingerprint density at radius 2 is 2.16 bits per heavy atom. The van der Waals surface area contributed by atoms with Crippen LogP contribution in [0.5, 0.6) is 0 Å². The van der Waals surface area contributed by atoms with Gasteiger partial charge >= 0.3 is 0 Å². The first-order chi connectivity index (χ1) is 11.9. The highest BCUT2D eigenvalue weighted by Crippen LogP contribution is 2.27. The van der Waals surface area contributed by atoms with Crippen molar-refractivity contribution in [2.75, 3.05) is 14.1 Å². The Morgan fingerprint density at radius 3 is 2.84 bits per heavy atom. The van der Waals surface area contributed by atoms with Crippen LogP contribution in [-0.4, -0.2) is 51.6 Å². The summed E-state index contributed by atoms with van der Waals surface area (Å²) in [7, 11) is 5.40. The minimum Gasteiger partial charge on any atom is -0.349 e. The molecule has 2 aromatic rings. The van der Waals surface area contributed by atoms with Crippen LogP contribution in [0.4, 0.5) is 0 Å². The fraction of sp³-hybridized carbons (Fsp3) is 0.529. The monoisotopic (exact) mass is 361 g/mol. The standard InChI is InChI=1S/C17H23N5O2S/c1-21(2)17(24)11-5-4-6-13(7-11)19-15(23)14-10-25-16(20-14)12-8-18-22(3)9-12/h8-11,13H,4-7H2,1-3H3,(H,19,23). The molecule has 1 aliphatic carbocycles. The maximum atomic E-state index is 12.5. The predicted molar refractivity (Wildman–Crippen MR) is 96.2 cm³/mol. The highest BCUT2D eigenvalue weighted by atomic mass is 32.1. The molecule has 0 spiro atoms. The second-order valence-corrected chi connectivity index (χ2v) is 7.57. The summed E-state index contributed by atoms with van der Waals surface area (Å²) in [5.74, 6) is -0.0312. The van der Waals surface area contributed by atoms with E-state index in [1.165, 1.54) is 11.3 Å². The Morgan fingerprint density at radius 1 is 1.36 bits per heavy atom. The maximum absolute atomic E-state index is 12.5. The first-order valence-corrected chi connectivity index (χ1v) is 9.28. The highest BCUT2D eigenvalue weighted by Gasteiger charge is 2.29. The Balaban J connectivity index is 1.62. The van der Waals surface area contributed by atoms with Crippen molar-refractivity contribution in [1.82, 2.24) is 25.0 Å². The number of aromatic nitrogens is 3. The minimum atomic E-state index is -0.172. The molecule has 0 radical (unpaired) electrons. The molecular weight excluding hydrogens is 338 g/mol. The van der Waals surface area contributed by atoms with Gasteiger partial charge in [0.15, 0.2) is 0 Å². The average molecular weight is 361 g/mol. The summed E-state index contributed by atoms with van der Waals surface area (Å²) >= 11 is 1.43. The molecule has 2 atom stereocenters. The van der Waals surface area contributed by atoms with Gasteiger partial charge in [-0.3, -0.25) is 14.3 Å². The predicted octanol–water partition coefficient (Wildman–Crippen LogP) is 1.92. The number of hydrogen-bond donors (Lipinski definition) is 1. The van der Waals surface area contributed by atoms with E-state index in [-0.39, 0.29) is 23.8 Å². The van der Waals surface area contributed by atoms with Crippen molar-refractivity contribution in [3.8, 4) is 10.6 Å². The second kappa shape index (κ2) is 7.35. The van der Waals surface area contributed by atoms with Gasteiger partial charge in [-0.1, -0.05) is 6.42 Å². The van der Waals surface area contributed by atoms with Crippen LogP contribution < -0.4 is 5.32 Å². The van der Waals surface area contributed by atoms with E-state index in [0.717, 1.165) is 29.8 Å². The van der Waals surface area contributed by atoms with Crippen LogP contribution in [0, 0.1) is 5.92 Å². The third kappa shape index (κ3) is 4.07. The number of thiazole rings is 1. The first kappa shape index (κ1) is 17.6. The summed E-state index contributed by atoms with van der Waals surface area (Å²) < 4.78 is 1.71. The highest BCUT2D eigenvalue weighted by molar-refractivity contribution is 7.13. The molecule has 1 fully saturated rings. The van der Waals surface area contributed by atoms with Gasteiger partial charge in [-0.2, -0.15) is 5.10 Å². The fourth-order valence-electron chi connectivity index (χ4n) is 3.21. The lowest BCUT2D eigenvalue weighted by Gasteiger charge is -2.30. The Labute approximate surface area is 151 Å². The van der Waals surface area contributed by atoms with Crippen molar-refractivity contribution in [1.29, 1.82) is 0 Å². The van der Waals surface area contributed by atoms with Crippen molar-refractivity contribution in [3.05, 3.63) is 23.5 Å². The van der Waals surface area contributed by atoms with Crippen molar-refractivity contribution in [2.45, 2.75) is 31.7 Å². The van der Waals surface area contributed by atoms with Gasteiger partial charge in [0, 0.05) is 50.2 Å². The normalized spacial score (nSPS) is 20.3. The number of hydrogen-bond acceptors (Lipinski definition) is 5. The number of nitrogens with one attached hydrogen (secondary N) is 1. The molecule has 134 valence electrons. The van der Waals surface area contributed by atoms with E-state index >= 15 is 0 Å². The molecule has 0 bridgehead atoms. The second-order valence-electron chi connectivity index (χ2n) is 6.71. The van der Waals surface area contributed by atoms with Crippen LogP contribution >= 0.6 is 11.3 Å². The molecule has 2 amide bonds. The van der Waals surface area contributed by atoms with Gasteiger partial charge in [0.2, 0.25) is 5.91 Å². The fourth-order valence-corrected chi connectivity index (χ4v) is 3.99. The average Bonchev–Trinajstić information content (AvgIpc) is 3.23. The molecule has 25 heavy (non-hydrogen) atoms. The minimum absolute atomic E-state index is 0.00422. The molecule has 1 N–H and O–H groups in total. The zero-order chi connectivity index (χ0) is 18.0. The quantitative estimate of drug-likeness (QED) is 0.902. The summed E-state index contributed by atoms with van der Waals surface area (Å²) in [6.45, 7) is 0. The number of carbonyl (C=O) groups excluding carboxylic acids is 2. The number of aryl methyl sites for hydroxylation is 1. The van der Waals surface area contributed by atoms with Gasteiger partial charge in [0.25, 0.3) is 5.91 Å². The van der Waals surface area contributed by atoms with Crippen molar-refractivity contribution in [3.63, 3.8) is 0 Å². The van der Waals surface area contributed by atoms with E-state index < -0.39 is 0 Å². The van der Waals surface area contributed by atoms with Gasteiger partial charge in [-0.25, -0.2) is 4.98 Å². The van der Waals surface area contributed by atoms with Gasteiger partial charge in [0.1, 0.15) is 10.7 Å². The molecule has 8 heteroatoms. The zero-order valence-electron chi connectivity index (χ0n) is 14.7. The summed E-state index contributed by atoms with van der Waals surface area (Å²) in [4.78, 5) is 30.7. The van der Waals surface area contributed by atoms with Crippen LogP contribution in [-0.2, 0) is 11.8 Å². The van der Waals surface area contributed by atoms with Gasteiger partial charge in [0.05, 0.1) is 6.20 Å². The van der Waals surface area contributed by atoms with E-state index in [1.807, 2.05) is 13.2 Å². The molecule has 7 nitrogen and oxygen atoms in total.